The quantitative estimate of drug-likeness (QED) is 0.507. The van der Waals surface area contributed by atoms with E-state index in [-0.39, 0.29) is 11.6 Å². The molecule has 0 aliphatic rings. The highest BCUT2D eigenvalue weighted by molar-refractivity contribution is 9.10. The molecule has 1 unspecified atom stereocenters. The molecule has 2 aromatic carbocycles. The average Bonchev–Trinajstić information content (AvgIpc) is 2.66. The Morgan fingerprint density at radius 3 is 2.70 bits per heavy atom. The van der Waals surface area contributed by atoms with Crippen LogP contribution in [0.15, 0.2) is 58.6 Å². The van der Waals surface area contributed by atoms with Crippen LogP contribution in [0.1, 0.15) is 18.1 Å². The van der Waals surface area contributed by atoms with Gasteiger partial charge in [-0.2, -0.15) is 5.26 Å². The van der Waals surface area contributed by atoms with Crippen LogP contribution in [-0.2, 0) is 16.1 Å². The zero-order valence-corrected chi connectivity index (χ0v) is 16.8. The van der Waals surface area contributed by atoms with Crippen molar-refractivity contribution >= 4 is 27.9 Å². The molecule has 0 aliphatic heterocycles. The summed E-state index contributed by atoms with van der Waals surface area (Å²) in [5, 5.41) is 12.1. The monoisotopic (exact) mass is 428 g/mol. The first-order chi connectivity index (χ1) is 13.0. The number of carbonyl (C=O) groups is 1. The van der Waals surface area contributed by atoms with E-state index in [1.807, 2.05) is 55.5 Å². The number of nitriles is 1. The molecule has 0 radical (unpaired) electrons. The molecule has 1 N–H and O–H groups in total. The van der Waals surface area contributed by atoms with Crippen LogP contribution >= 0.6 is 15.9 Å². The maximum absolute atomic E-state index is 12.3. The van der Waals surface area contributed by atoms with Crippen molar-refractivity contribution in [3.8, 4) is 11.8 Å². The van der Waals surface area contributed by atoms with Crippen molar-refractivity contribution in [2.75, 3.05) is 13.7 Å². The van der Waals surface area contributed by atoms with E-state index in [0.717, 1.165) is 10.0 Å². The second-order valence-electron chi connectivity index (χ2n) is 5.96. The van der Waals surface area contributed by atoms with Gasteiger partial charge in [0.25, 0.3) is 5.91 Å². The van der Waals surface area contributed by atoms with Crippen molar-refractivity contribution in [3.05, 3.63) is 69.7 Å². The van der Waals surface area contributed by atoms with Gasteiger partial charge in [0.05, 0.1) is 6.61 Å². The standard InChI is InChI=1S/C21H21BrN2O3/c1-15(13-26-2)24-21(25)18(12-23)10-17-11-19(22)8-9-20(17)27-14-16-6-4-3-5-7-16/h3-11,15H,13-14H2,1-2H3,(H,24,25). The Hall–Kier alpha value is -2.62. The van der Waals surface area contributed by atoms with Gasteiger partial charge in [0.1, 0.15) is 24.0 Å². The smallest absolute Gasteiger partial charge is 0.262 e. The number of nitrogens with zero attached hydrogens (tertiary/aromatic N) is 1. The predicted molar refractivity (Wildman–Crippen MR) is 108 cm³/mol. The third kappa shape index (κ3) is 6.55. The summed E-state index contributed by atoms with van der Waals surface area (Å²) in [5.41, 5.74) is 1.68. The van der Waals surface area contributed by atoms with Crippen molar-refractivity contribution in [1.82, 2.24) is 5.32 Å². The molecule has 1 amide bonds. The lowest BCUT2D eigenvalue weighted by molar-refractivity contribution is -0.117. The normalized spacial score (nSPS) is 12.1. The number of nitrogens with one attached hydrogen (secondary N) is 1. The van der Waals surface area contributed by atoms with E-state index in [9.17, 15) is 10.1 Å². The first kappa shape index (κ1) is 20.7. The molecule has 0 fully saturated rings. The van der Waals surface area contributed by atoms with Gasteiger partial charge in [0.2, 0.25) is 0 Å². The summed E-state index contributed by atoms with van der Waals surface area (Å²) in [6.07, 6.45) is 1.53. The molecule has 0 saturated heterocycles. The molecular formula is C21H21BrN2O3. The molecule has 5 nitrogen and oxygen atoms in total. The minimum absolute atomic E-state index is 0.000569. The van der Waals surface area contributed by atoms with Crippen LogP contribution in [0.4, 0.5) is 0 Å². The Bertz CT molecular complexity index is 844. The second kappa shape index (κ2) is 10.5. The van der Waals surface area contributed by atoms with Crippen LogP contribution in [-0.4, -0.2) is 25.7 Å². The van der Waals surface area contributed by atoms with Gasteiger partial charge in [-0.25, -0.2) is 0 Å². The summed E-state index contributed by atoms with van der Waals surface area (Å²) in [7, 11) is 1.56. The van der Waals surface area contributed by atoms with Gasteiger partial charge >= 0.3 is 0 Å². The third-order valence-corrected chi connectivity index (χ3v) is 4.16. The highest BCUT2D eigenvalue weighted by Crippen LogP contribution is 2.26. The largest absolute Gasteiger partial charge is 0.488 e. The zero-order chi connectivity index (χ0) is 19.6. The lowest BCUT2D eigenvalue weighted by Gasteiger charge is -2.13. The summed E-state index contributed by atoms with van der Waals surface area (Å²) in [5.74, 6) is 0.142. The zero-order valence-electron chi connectivity index (χ0n) is 15.2. The molecule has 27 heavy (non-hydrogen) atoms. The molecule has 0 spiro atoms. The maximum Gasteiger partial charge on any atom is 0.262 e. The van der Waals surface area contributed by atoms with Crippen molar-refractivity contribution in [2.24, 2.45) is 0 Å². The minimum atomic E-state index is -0.448. The number of methoxy groups -OCH3 is 1. The van der Waals surface area contributed by atoms with Gasteiger partial charge in [-0.15, -0.1) is 0 Å². The summed E-state index contributed by atoms with van der Waals surface area (Å²) in [6, 6.07) is 17.0. The summed E-state index contributed by atoms with van der Waals surface area (Å²) in [6.45, 7) is 2.57. The number of amides is 1. The third-order valence-electron chi connectivity index (χ3n) is 3.67. The van der Waals surface area contributed by atoms with Crippen LogP contribution in [0.5, 0.6) is 5.75 Å². The highest BCUT2D eigenvalue weighted by Gasteiger charge is 2.14. The molecule has 0 heterocycles. The van der Waals surface area contributed by atoms with Crippen molar-refractivity contribution in [1.29, 1.82) is 5.26 Å². The van der Waals surface area contributed by atoms with Gasteiger partial charge in [0, 0.05) is 23.2 Å². The molecular weight excluding hydrogens is 408 g/mol. The van der Waals surface area contributed by atoms with Crippen LogP contribution < -0.4 is 10.1 Å². The molecule has 0 bridgehead atoms. The van der Waals surface area contributed by atoms with Crippen LogP contribution in [0.3, 0.4) is 0 Å². The van der Waals surface area contributed by atoms with Crippen molar-refractivity contribution in [3.63, 3.8) is 0 Å². The van der Waals surface area contributed by atoms with Crippen LogP contribution in [0.2, 0.25) is 0 Å². The second-order valence-corrected chi connectivity index (χ2v) is 6.87. The summed E-state index contributed by atoms with van der Waals surface area (Å²) < 4.78 is 11.7. The van der Waals surface area contributed by atoms with Crippen LogP contribution in [0.25, 0.3) is 6.08 Å². The van der Waals surface area contributed by atoms with E-state index in [0.29, 0.717) is 24.5 Å². The fourth-order valence-corrected chi connectivity index (χ4v) is 2.77. The first-order valence-corrected chi connectivity index (χ1v) is 9.20. The van der Waals surface area contributed by atoms with Gasteiger partial charge in [-0.3, -0.25) is 4.79 Å². The Kier molecular flexibility index (Phi) is 8.05. The number of ether oxygens (including phenoxy) is 2. The molecule has 0 saturated carbocycles. The Balaban J connectivity index is 2.22. The van der Waals surface area contributed by atoms with E-state index < -0.39 is 5.91 Å². The maximum atomic E-state index is 12.3. The van der Waals surface area contributed by atoms with Gasteiger partial charge in [-0.1, -0.05) is 46.3 Å². The van der Waals surface area contributed by atoms with Gasteiger partial charge in [0.15, 0.2) is 0 Å². The number of benzene rings is 2. The van der Waals surface area contributed by atoms with E-state index in [4.69, 9.17) is 9.47 Å². The molecule has 6 heteroatoms. The van der Waals surface area contributed by atoms with Gasteiger partial charge in [-0.05, 0) is 36.8 Å². The van der Waals surface area contributed by atoms with E-state index in [1.165, 1.54) is 6.08 Å². The van der Waals surface area contributed by atoms with Crippen LogP contribution in [0, 0.1) is 11.3 Å². The fraction of sp³-hybridized carbons (Fsp3) is 0.238. The lowest BCUT2D eigenvalue weighted by atomic mass is 10.1. The first-order valence-electron chi connectivity index (χ1n) is 8.41. The van der Waals surface area contributed by atoms with E-state index in [1.54, 1.807) is 13.2 Å². The van der Waals surface area contributed by atoms with Crippen molar-refractivity contribution < 1.29 is 14.3 Å². The summed E-state index contributed by atoms with van der Waals surface area (Å²) in [4.78, 5) is 12.3. The molecule has 0 aromatic heterocycles. The molecule has 2 rings (SSSR count). The fourth-order valence-electron chi connectivity index (χ4n) is 2.40. The number of halogens is 1. The number of rotatable bonds is 8. The topological polar surface area (TPSA) is 71.3 Å². The Labute approximate surface area is 167 Å². The molecule has 2 aromatic rings. The van der Waals surface area contributed by atoms with E-state index in [2.05, 4.69) is 21.2 Å². The van der Waals surface area contributed by atoms with Crippen molar-refractivity contribution in [2.45, 2.75) is 19.6 Å². The number of hydrogen-bond acceptors (Lipinski definition) is 4. The Morgan fingerprint density at radius 2 is 2.04 bits per heavy atom. The van der Waals surface area contributed by atoms with E-state index >= 15 is 0 Å². The lowest BCUT2D eigenvalue weighted by Crippen LogP contribution is -2.36. The van der Waals surface area contributed by atoms with Gasteiger partial charge < -0.3 is 14.8 Å². The molecule has 0 aliphatic carbocycles. The minimum Gasteiger partial charge on any atom is -0.488 e. The number of carbonyl (C=O) groups excluding carboxylic acids is 1. The number of hydrogen-bond donors (Lipinski definition) is 1. The molecule has 140 valence electrons. The Morgan fingerprint density at radius 1 is 1.30 bits per heavy atom. The summed E-state index contributed by atoms with van der Waals surface area (Å²) >= 11 is 3.42. The molecule has 1 atom stereocenters. The average molecular weight is 429 g/mol. The SMILES string of the molecule is COCC(C)NC(=O)C(C#N)=Cc1cc(Br)ccc1OCc1ccccc1. The predicted octanol–water partition coefficient (Wildman–Crippen LogP) is 4.09. The highest BCUT2D eigenvalue weighted by atomic mass is 79.9.